The highest BCUT2D eigenvalue weighted by Gasteiger charge is 2.30. The Balaban J connectivity index is 1.59. The van der Waals surface area contributed by atoms with Crippen LogP contribution >= 0.6 is 0 Å². The molecule has 130 valence electrons. The molecule has 0 spiro atoms. The van der Waals surface area contributed by atoms with E-state index >= 15 is 0 Å². The zero-order valence-electron chi connectivity index (χ0n) is 15.4. The van der Waals surface area contributed by atoms with Crippen molar-refractivity contribution in [1.29, 1.82) is 0 Å². The number of hydrogen-bond donors (Lipinski definition) is 0. The Kier molecular flexibility index (Phi) is 4.24. The fourth-order valence-corrected chi connectivity index (χ4v) is 4.08. The quantitative estimate of drug-likeness (QED) is 0.765. The second-order valence-electron chi connectivity index (χ2n) is 7.43. The van der Waals surface area contributed by atoms with E-state index in [2.05, 4.69) is 78.3 Å². The topological polar surface area (TPSA) is 19.4 Å². The summed E-state index contributed by atoms with van der Waals surface area (Å²) in [6.07, 6.45) is 12.3. The van der Waals surface area contributed by atoms with Crippen LogP contribution in [0.5, 0.6) is 0 Å². The van der Waals surface area contributed by atoms with Gasteiger partial charge < -0.3 is 9.80 Å². The van der Waals surface area contributed by atoms with Crippen LogP contribution < -0.4 is 4.90 Å². The summed E-state index contributed by atoms with van der Waals surface area (Å²) in [5.41, 5.74) is 6.00. The van der Waals surface area contributed by atoms with Crippen molar-refractivity contribution in [2.24, 2.45) is 0 Å². The molecule has 4 rings (SSSR count). The van der Waals surface area contributed by atoms with Crippen LogP contribution in [0.2, 0.25) is 0 Å². The van der Waals surface area contributed by atoms with E-state index in [-0.39, 0.29) is 0 Å². The first-order valence-corrected chi connectivity index (χ1v) is 9.41. The fourth-order valence-electron chi connectivity index (χ4n) is 4.08. The van der Waals surface area contributed by atoms with Crippen LogP contribution in [0.4, 0.5) is 5.69 Å². The van der Waals surface area contributed by atoms with Crippen LogP contribution in [0, 0.1) is 13.8 Å². The van der Waals surface area contributed by atoms with Gasteiger partial charge in [-0.2, -0.15) is 0 Å². The second-order valence-corrected chi connectivity index (χ2v) is 7.43. The molecule has 2 heterocycles. The molecule has 1 aromatic carbocycles. The molecule has 0 N–H and O–H groups in total. The van der Waals surface area contributed by atoms with Gasteiger partial charge in [-0.1, -0.05) is 25.0 Å². The highest BCUT2D eigenvalue weighted by atomic mass is 15.4. The molecule has 0 amide bonds. The van der Waals surface area contributed by atoms with E-state index in [1.165, 1.54) is 48.1 Å². The van der Waals surface area contributed by atoms with E-state index < -0.39 is 0 Å². The van der Waals surface area contributed by atoms with E-state index in [9.17, 15) is 0 Å². The molecular formula is C22H27N3. The molecule has 1 aromatic heterocycles. The van der Waals surface area contributed by atoms with Crippen LogP contribution in [0.25, 0.3) is 11.3 Å². The fraction of sp³-hybridized carbons (Fsp3) is 0.409. The summed E-state index contributed by atoms with van der Waals surface area (Å²) in [6, 6.07) is 11.6. The Morgan fingerprint density at radius 3 is 2.56 bits per heavy atom. The molecule has 1 saturated carbocycles. The lowest BCUT2D eigenvalue weighted by atomic mass is 10.1. The van der Waals surface area contributed by atoms with Gasteiger partial charge >= 0.3 is 0 Å². The number of aryl methyl sites for hydroxylation is 2. The van der Waals surface area contributed by atoms with Gasteiger partial charge in [0.15, 0.2) is 0 Å². The van der Waals surface area contributed by atoms with Gasteiger partial charge in [0.25, 0.3) is 0 Å². The van der Waals surface area contributed by atoms with Crippen molar-refractivity contribution in [3.8, 4) is 11.3 Å². The number of rotatable bonds is 3. The molecule has 1 atom stereocenters. The summed E-state index contributed by atoms with van der Waals surface area (Å²) in [5, 5.41) is 0. The maximum absolute atomic E-state index is 4.63. The molecule has 0 saturated heterocycles. The van der Waals surface area contributed by atoms with Crippen LogP contribution in [0.3, 0.4) is 0 Å². The number of nitrogens with zero attached hydrogens (tertiary/aromatic N) is 3. The van der Waals surface area contributed by atoms with Gasteiger partial charge in [-0.05, 0) is 62.9 Å². The molecule has 0 unspecified atom stereocenters. The third-order valence-corrected chi connectivity index (χ3v) is 5.79. The minimum atomic E-state index is 0.381. The van der Waals surface area contributed by atoms with Gasteiger partial charge in [0.1, 0.15) is 6.17 Å². The van der Waals surface area contributed by atoms with Crippen LogP contribution in [-0.4, -0.2) is 22.1 Å². The van der Waals surface area contributed by atoms with Crippen molar-refractivity contribution >= 4 is 5.69 Å². The molecule has 2 aromatic rings. The van der Waals surface area contributed by atoms with Gasteiger partial charge in [0, 0.05) is 35.9 Å². The highest BCUT2D eigenvalue weighted by Crippen LogP contribution is 2.33. The monoisotopic (exact) mass is 333 g/mol. The molecule has 3 heteroatoms. The van der Waals surface area contributed by atoms with Gasteiger partial charge in [0.2, 0.25) is 0 Å². The maximum Gasteiger partial charge on any atom is 0.103 e. The number of anilines is 1. The van der Waals surface area contributed by atoms with E-state index in [4.69, 9.17) is 0 Å². The lowest BCUT2D eigenvalue weighted by molar-refractivity contribution is 0.237. The first kappa shape index (κ1) is 16.2. The number of hydrogen-bond acceptors (Lipinski definition) is 3. The molecule has 25 heavy (non-hydrogen) atoms. The van der Waals surface area contributed by atoms with E-state index in [1.807, 2.05) is 6.20 Å². The molecule has 1 aliphatic carbocycles. The van der Waals surface area contributed by atoms with Gasteiger partial charge in [0.05, 0.1) is 5.69 Å². The molecular weight excluding hydrogens is 306 g/mol. The average molecular weight is 333 g/mol. The molecule has 3 nitrogen and oxygen atoms in total. The Morgan fingerprint density at radius 1 is 1.00 bits per heavy atom. The summed E-state index contributed by atoms with van der Waals surface area (Å²) < 4.78 is 0. The first-order valence-electron chi connectivity index (χ1n) is 9.41. The van der Waals surface area contributed by atoms with Crippen molar-refractivity contribution in [3.63, 3.8) is 0 Å². The Bertz CT molecular complexity index is 790. The van der Waals surface area contributed by atoms with Crippen LogP contribution in [0.1, 0.15) is 43.7 Å². The molecule has 1 fully saturated rings. The number of pyridine rings is 1. The van der Waals surface area contributed by atoms with Crippen molar-refractivity contribution in [3.05, 3.63) is 60.1 Å². The predicted molar refractivity (Wildman–Crippen MR) is 104 cm³/mol. The normalized spacial score (nSPS) is 20.7. The van der Waals surface area contributed by atoms with E-state index in [1.54, 1.807) is 0 Å². The van der Waals surface area contributed by atoms with Crippen molar-refractivity contribution < 1.29 is 0 Å². The third kappa shape index (κ3) is 3.04. The predicted octanol–water partition coefficient (Wildman–Crippen LogP) is 5.25. The minimum Gasteiger partial charge on any atom is -0.353 e. The lowest BCUT2D eigenvalue weighted by Gasteiger charge is -2.34. The number of aromatic nitrogens is 1. The third-order valence-electron chi connectivity index (χ3n) is 5.79. The molecule has 0 bridgehead atoms. The van der Waals surface area contributed by atoms with Crippen molar-refractivity contribution in [1.82, 2.24) is 9.88 Å². The van der Waals surface area contributed by atoms with Crippen LogP contribution in [-0.2, 0) is 0 Å². The van der Waals surface area contributed by atoms with Crippen molar-refractivity contribution in [2.45, 2.75) is 58.7 Å². The summed E-state index contributed by atoms with van der Waals surface area (Å²) in [6.45, 7) is 6.56. The SMILES string of the molecule is Cc1cnc(-c2cccc(N3C=CN(C4CCCC4)[C@H]3C)c2)cc1C. The van der Waals surface area contributed by atoms with Gasteiger partial charge in [-0.3, -0.25) is 4.98 Å². The summed E-state index contributed by atoms with van der Waals surface area (Å²) in [5.74, 6) is 0. The average Bonchev–Trinajstić information content (AvgIpc) is 3.27. The minimum absolute atomic E-state index is 0.381. The second kappa shape index (κ2) is 6.55. The maximum atomic E-state index is 4.63. The highest BCUT2D eigenvalue weighted by molar-refractivity contribution is 5.67. The van der Waals surface area contributed by atoms with Crippen LogP contribution in [0.15, 0.2) is 48.9 Å². The Hall–Kier alpha value is -2.29. The molecule has 0 radical (unpaired) electrons. The Labute approximate surface area is 151 Å². The first-order chi connectivity index (χ1) is 12.1. The van der Waals surface area contributed by atoms with Gasteiger partial charge in [-0.25, -0.2) is 0 Å². The summed E-state index contributed by atoms with van der Waals surface area (Å²) >= 11 is 0. The smallest absolute Gasteiger partial charge is 0.103 e. The molecule has 1 aliphatic heterocycles. The number of benzene rings is 1. The van der Waals surface area contributed by atoms with Gasteiger partial charge in [-0.15, -0.1) is 0 Å². The summed E-state index contributed by atoms with van der Waals surface area (Å²) in [7, 11) is 0. The summed E-state index contributed by atoms with van der Waals surface area (Å²) in [4.78, 5) is 9.54. The Morgan fingerprint density at radius 2 is 1.80 bits per heavy atom. The van der Waals surface area contributed by atoms with E-state index in [0.717, 1.165) is 5.69 Å². The zero-order chi connectivity index (χ0) is 17.4. The standard InChI is InChI=1S/C22H27N3/c1-16-13-22(23-15-17(16)2)19-7-6-10-21(14-19)25-12-11-24(18(25)3)20-8-4-5-9-20/h6-7,10-15,18,20H,4-5,8-9H2,1-3H3/t18-/m1/s1. The lowest BCUT2D eigenvalue weighted by Crippen LogP contribution is -2.40. The van der Waals surface area contributed by atoms with E-state index in [0.29, 0.717) is 12.2 Å². The largest absolute Gasteiger partial charge is 0.353 e. The zero-order valence-corrected chi connectivity index (χ0v) is 15.4. The van der Waals surface area contributed by atoms with Crippen molar-refractivity contribution in [2.75, 3.05) is 4.90 Å². The molecule has 2 aliphatic rings.